The van der Waals surface area contributed by atoms with E-state index in [0.29, 0.717) is 12.5 Å². The second kappa shape index (κ2) is 8.11. The van der Waals surface area contributed by atoms with Crippen LogP contribution < -0.4 is 11.1 Å². The molecular formula is C14H23ClN2O. The van der Waals surface area contributed by atoms with E-state index >= 15 is 0 Å². The second-order valence-corrected chi connectivity index (χ2v) is 4.94. The predicted octanol–water partition coefficient (Wildman–Crippen LogP) is 2.41. The lowest BCUT2D eigenvalue weighted by atomic mass is 10.0. The molecule has 0 unspecified atom stereocenters. The number of carbonyl (C=O) groups excluding carboxylic acids is 1. The lowest BCUT2D eigenvalue weighted by Gasteiger charge is -2.14. The molecule has 0 aromatic heterocycles. The first-order valence-electron chi connectivity index (χ1n) is 6.08. The molecule has 1 aromatic rings. The number of nitrogens with two attached hydrogens (primary N) is 1. The average Bonchev–Trinajstić information content (AvgIpc) is 2.27. The van der Waals surface area contributed by atoms with Gasteiger partial charge in [-0.1, -0.05) is 43.7 Å². The maximum absolute atomic E-state index is 11.7. The Morgan fingerprint density at radius 3 is 2.33 bits per heavy atom. The molecule has 0 bridgehead atoms. The molecule has 0 heterocycles. The summed E-state index contributed by atoms with van der Waals surface area (Å²) in [6.07, 6.45) is 0.722. The number of hydrogen-bond donors (Lipinski definition) is 2. The summed E-state index contributed by atoms with van der Waals surface area (Å²) < 4.78 is 0. The third-order valence-electron chi connectivity index (χ3n) is 2.65. The van der Waals surface area contributed by atoms with Crippen molar-refractivity contribution in [1.82, 2.24) is 5.32 Å². The van der Waals surface area contributed by atoms with Crippen molar-refractivity contribution < 1.29 is 4.79 Å². The number of aryl methyl sites for hydroxylation is 1. The fourth-order valence-electron chi connectivity index (χ4n) is 1.64. The molecule has 3 nitrogen and oxygen atoms in total. The summed E-state index contributed by atoms with van der Waals surface area (Å²) in [6, 6.07) is 7.71. The Labute approximate surface area is 116 Å². The van der Waals surface area contributed by atoms with Crippen molar-refractivity contribution in [3.8, 4) is 0 Å². The van der Waals surface area contributed by atoms with Crippen LogP contribution in [0.2, 0.25) is 0 Å². The maximum Gasteiger partial charge on any atom is 0.237 e. The summed E-state index contributed by atoms with van der Waals surface area (Å²) >= 11 is 0. The van der Waals surface area contributed by atoms with Crippen molar-refractivity contribution in [2.75, 3.05) is 0 Å². The summed E-state index contributed by atoms with van der Waals surface area (Å²) in [4.78, 5) is 11.7. The van der Waals surface area contributed by atoms with E-state index in [1.165, 1.54) is 5.56 Å². The summed E-state index contributed by atoms with van der Waals surface area (Å²) in [7, 11) is 0. The first-order chi connectivity index (χ1) is 7.99. The molecule has 3 N–H and O–H groups in total. The Bertz CT molecular complexity index is 363. The van der Waals surface area contributed by atoms with E-state index in [0.717, 1.165) is 12.0 Å². The Kier molecular flexibility index (Phi) is 7.64. The lowest BCUT2D eigenvalue weighted by molar-refractivity contribution is -0.122. The summed E-state index contributed by atoms with van der Waals surface area (Å²) in [5.74, 6) is 0.370. The first kappa shape index (κ1) is 16.9. The second-order valence-electron chi connectivity index (χ2n) is 4.94. The maximum atomic E-state index is 11.7. The van der Waals surface area contributed by atoms with Crippen molar-refractivity contribution in [3.63, 3.8) is 0 Å². The highest BCUT2D eigenvalue weighted by atomic mass is 35.5. The molecule has 102 valence electrons. The van der Waals surface area contributed by atoms with Gasteiger partial charge in [-0.25, -0.2) is 0 Å². The topological polar surface area (TPSA) is 55.1 Å². The molecule has 0 saturated heterocycles. The van der Waals surface area contributed by atoms with Crippen molar-refractivity contribution in [1.29, 1.82) is 0 Å². The Morgan fingerprint density at radius 1 is 1.28 bits per heavy atom. The number of rotatable bonds is 5. The molecule has 0 aliphatic rings. The van der Waals surface area contributed by atoms with Gasteiger partial charge in [-0.2, -0.15) is 0 Å². The van der Waals surface area contributed by atoms with Crippen LogP contribution in [0.1, 0.15) is 31.4 Å². The third kappa shape index (κ3) is 6.03. The number of nitrogens with one attached hydrogen (secondary N) is 1. The van der Waals surface area contributed by atoms with E-state index in [-0.39, 0.29) is 18.3 Å². The van der Waals surface area contributed by atoms with Gasteiger partial charge in [-0.3, -0.25) is 4.79 Å². The molecule has 0 fully saturated rings. The van der Waals surface area contributed by atoms with Crippen LogP contribution in [0.3, 0.4) is 0 Å². The summed E-state index contributed by atoms with van der Waals surface area (Å²) in [5, 5.41) is 2.86. The zero-order valence-corrected chi connectivity index (χ0v) is 12.1. The molecule has 4 heteroatoms. The van der Waals surface area contributed by atoms with Crippen LogP contribution in [0.15, 0.2) is 24.3 Å². The van der Waals surface area contributed by atoms with Crippen LogP contribution >= 0.6 is 12.4 Å². The zero-order valence-electron chi connectivity index (χ0n) is 11.3. The van der Waals surface area contributed by atoms with Gasteiger partial charge >= 0.3 is 0 Å². The summed E-state index contributed by atoms with van der Waals surface area (Å²) in [5.41, 5.74) is 8.11. The van der Waals surface area contributed by atoms with E-state index in [4.69, 9.17) is 5.73 Å². The van der Waals surface area contributed by atoms with Crippen LogP contribution in [0.5, 0.6) is 0 Å². The number of carbonyl (C=O) groups is 1. The molecule has 0 aliphatic heterocycles. The number of benzene rings is 1. The molecule has 18 heavy (non-hydrogen) atoms. The Hall–Kier alpha value is -1.06. The summed E-state index contributed by atoms with van der Waals surface area (Å²) in [6.45, 7) is 6.71. The van der Waals surface area contributed by atoms with Crippen molar-refractivity contribution in [3.05, 3.63) is 35.4 Å². The van der Waals surface area contributed by atoms with Gasteiger partial charge < -0.3 is 11.1 Å². The zero-order chi connectivity index (χ0) is 12.8. The third-order valence-corrected chi connectivity index (χ3v) is 2.65. The molecule has 1 atom stereocenters. The molecule has 1 rings (SSSR count). The lowest BCUT2D eigenvalue weighted by Crippen LogP contribution is -2.40. The SMILES string of the molecule is Cc1ccc(CNC(=O)[C@@H](N)CC(C)C)cc1.Cl. The quantitative estimate of drug-likeness (QED) is 0.863. The first-order valence-corrected chi connectivity index (χ1v) is 6.08. The van der Waals surface area contributed by atoms with Crippen LogP contribution in [-0.2, 0) is 11.3 Å². The van der Waals surface area contributed by atoms with Crippen molar-refractivity contribution in [2.45, 2.75) is 39.8 Å². The fourth-order valence-corrected chi connectivity index (χ4v) is 1.64. The minimum absolute atomic E-state index is 0. The van der Waals surface area contributed by atoms with Gasteiger partial charge in [0.25, 0.3) is 0 Å². The average molecular weight is 271 g/mol. The fraction of sp³-hybridized carbons (Fsp3) is 0.500. The minimum Gasteiger partial charge on any atom is -0.351 e. The van der Waals surface area contributed by atoms with E-state index in [1.807, 2.05) is 31.2 Å². The van der Waals surface area contributed by atoms with Gasteiger partial charge in [0, 0.05) is 6.54 Å². The van der Waals surface area contributed by atoms with Crippen LogP contribution in [0.4, 0.5) is 0 Å². The molecule has 0 radical (unpaired) electrons. The largest absolute Gasteiger partial charge is 0.351 e. The predicted molar refractivity (Wildman–Crippen MR) is 77.7 cm³/mol. The van der Waals surface area contributed by atoms with E-state index in [9.17, 15) is 4.79 Å². The monoisotopic (exact) mass is 270 g/mol. The Balaban J connectivity index is 0.00000289. The van der Waals surface area contributed by atoms with E-state index in [1.54, 1.807) is 0 Å². The highest BCUT2D eigenvalue weighted by Gasteiger charge is 2.14. The van der Waals surface area contributed by atoms with Gasteiger partial charge in [0.1, 0.15) is 0 Å². The van der Waals surface area contributed by atoms with Crippen molar-refractivity contribution in [2.24, 2.45) is 11.7 Å². The molecule has 0 spiro atoms. The van der Waals surface area contributed by atoms with Gasteiger partial charge in [-0.05, 0) is 24.8 Å². The normalized spacial score (nSPS) is 11.8. The van der Waals surface area contributed by atoms with Crippen LogP contribution in [0.25, 0.3) is 0 Å². The minimum atomic E-state index is -0.402. The number of halogens is 1. The van der Waals surface area contributed by atoms with Gasteiger partial charge in [0.15, 0.2) is 0 Å². The highest BCUT2D eigenvalue weighted by Crippen LogP contribution is 2.04. The van der Waals surface area contributed by atoms with Gasteiger partial charge in [0.05, 0.1) is 6.04 Å². The van der Waals surface area contributed by atoms with Crippen molar-refractivity contribution >= 4 is 18.3 Å². The molecule has 1 aromatic carbocycles. The Morgan fingerprint density at radius 2 is 1.83 bits per heavy atom. The number of amides is 1. The van der Waals surface area contributed by atoms with E-state index < -0.39 is 6.04 Å². The van der Waals surface area contributed by atoms with Gasteiger partial charge in [0.2, 0.25) is 5.91 Å². The van der Waals surface area contributed by atoms with Crippen LogP contribution in [-0.4, -0.2) is 11.9 Å². The smallest absolute Gasteiger partial charge is 0.237 e. The molecule has 0 aliphatic carbocycles. The number of hydrogen-bond acceptors (Lipinski definition) is 2. The van der Waals surface area contributed by atoms with Crippen LogP contribution in [0, 0.1) is 12.8 Å². The van der Waals surface area contributed by atoms with E-state index in [2.05, 4.69) is 19.2 Å². The van der Waals surface area contributed by atoms with Gasteiger partial charge in [-0.15, -0.1) is 12.4 Å². The molecular weight excluding hydrogens is 248 g/mol. The molecule has 1 amide bonds. The standard InChI is InChI=1S/C14H22N2O.ClH/c1-10(2)8-13(15)14(17)16-9-12-6-4-11(3)5-7-12;/h4-7,10,13H,8-9,15H2,1-3H3,(H,16,17);1H/t13-;/m0./s1. The highest BCUT2D eigenvalue weighted by molar-refractivity contribution is 5.85. The molecule has 0 saturated carbocycles.